The largest absolute Gasteiger partial charge is 0.480 e. The minimum absolute atomic E-state index is 0.310. The Morgan fingerprint density at radius 1 is 1.04 bits per heavy atom. The van der Waals surface area contributed by atoms with Crippen LogP contribution in [0.5, 0.6) is 0 Å². The summed E-state index contributed by atoms with van der Waals surface area (Å²) in [5.74, 6) is -1.35. The highest BCUT2D eigenvalue weighted by Gasteiger charge is 2.15. The van der Waals surface area contributed by atoms with Crippen LogP contribution in [-0.4, -0.2) is 47.5 Å². The molecule has 0 spiro atoms. The van der Waals surface area contributed by atoms with Gasteiger partial charge in [-0.25, -0.2) is 4.98 Å². The third kappa shape index (κ3) is 4.75. The van der Waals surface area contributed by atoms with Gasteiger partial charge in [-0.2, -0.15) is 0 Å². The van der Waals surface area contributed by atoms with Crippen molar-refractivity contribution in [2.75, 3.05) is 25.5 Å². The maximum atomic E-state index is 12.2. The number of nitrogens with zero attached hydrogens (tertiary/aromatic N) is 3. The zero-order valence-corrected chi connectivity index (χ0v) is 16.5. The second-order valence-electron chi connectivity index (χ2n) is 6.49. The Balaban J connectivity index is 1.65. The average Bonchev–Trinajstić information content (AvgIpc) is 3.18. The van der Waals surface area contributed by atoms with Crippen molar-refractivity contribution in [1.82, 2.24) is 9.88 Å². The number of benzene rings is 2. The maximum absolute atomic E-state index is 12.2. The van der Waals surface area contributed by atoms with Gasteiger partial charge in [0.2, 0.25) is 0 Å². The Kier molecular flexibility index (Phi) is 6.06. The van der Waals surface area contributed by atoms with Crippen LogP contribution in [0.2, 0.25) is 0 Å². The Labute approximate surface area is 167 Å². The zero-order valence-electron chi connectivity index (χ0n) is 15.7. The van der Waals surface area contributed by atoms with Crippen LogP contribution >= 0.6 is 11.3 Å². The minimum atomic E-state index is -1.03. The van der Waals surface area contributed by atoms with E-state index < -0.39 is 5.97 Å². The van der Waals surface area contributed by atoms with Crippen molar-refractivity contribution in [2.24, 2.45) is 0 Å². The number of hydrogen-bond acceptors (Lipinski definition) is 5. The van der Waals surface area contributed by atoms with E-state index in [1.54, 1.807) is 23.5 Å². The van der Waals surface area contributed by atoms with Crippen LogP contribution in [0.3, 0.4) is 0 Å². The van der Waals surface area contributed by atoms with Crippen molar-refractivity contribution in [3.8, 4) is 11.3 Å². The number of carbonyl (C=O) groups excluding carboxylic acids is 1. The number of anilines is 1. The van der Waals surface area contributed by atoms with Gasteiger partial charge in [0, 0.05) is 37.1 Å². The molecule has 0 aliphatic carbocycles. The van der Waals surface area contributed by atoms with Crippen LogP contribution in [0, 0.1) is 0 Å². The summed E-state index contributed by atoms with van der Waals surface area (Å²) in [5.41, 5.74) is 3.55. The quantitative estimate of drug-likeness (QED) is 0.662. The monoisotopic (exact) mass is 395 g/mol. The maximum Gasteiger partial charge on any atom is 0.323 e. The number of aromatic nitrogens is 1. The molecular formula is C21H21N3O3S. The highest BCUT2D eigenvalue weighted by Crippen LogP contribution is 2.27. The van der Waals surface area contributed by atoms with Crippen molar-refractivity contribution in [2.45, 2.75) is 6.54 Å². The van der Waals surface area contributed by atoms with Gasteiger partial charge in [-0.1, -0.05) is 42.5 Å². The van der Waals surface area contributed by atoms with Crippen LogP contribution in [0.4, 0.5) is 5.13 Å². The lowest BCUT2D eigenvalue weighted by atomic mass is 10.1. The summed E-state index contributed by atoms with van der Waals surface area (Å²) in [6, 6.07) is 17.3. The molecule has 1 amide bonds. The second kappa shape index (κ2) is 8.67. The summed E-state index contributed by atoms with van der Waals surface area (Å²) in [4.78, 5) is 30.9. The first-order chi connectivity index (χ1) is 13.4. The lowest BCUT2D eigenvalue weighted by molar-refractivity contribution is -0.137. The van der Waals surface area contributed by atoms with Gasteiger partial charge in [0.05, 0.1) is 5.69 Å². The highest BCUT2D eigenvalue weighted by molar-refractivity contribution is 7.14. The average molecular weight is 395 g/mol. The minimum Gasteiger partial charge on any atom is -0.480 e. The number of carbonyl (C=O) groups is 2. The molecule has 0 aliphatic heterocycles. The molecule has 0 fully saturated rings. The van der Waals surface area contributed by atoms with Crippen LogP contribution < -0.4 is 4.90 Å². The summed E-state index contributed by atoms with van der Waals surface area (Å²) in [7, 11) is 3.46. The van der Waals surface area contributed by atoms with E-state index in [-0.39, 0.29) is 12.5 Å². The SMILES string of the molecule is CN(CC(=O)O)C(=O)c1ccc(CN(C)c2nc(-c3ccccc3)cs2)cc1. The van der Waals surface area contributed by atoms with Crippen molar-refractivity contribution < 1.29 is 14.7 Å². The number of carboxylic acids is 1. The molecule has 28 heavy (non-hydrogen) atoms. The molecule has 3 rings (SSSR count). The van der Waals surface area contributed by atoms with Crippen LogP contribution in [0.25, 0.3) is 11.3 Å². The van der Waals surface area contributed by atoms with Gasteiger partial charge >= 0.3 is 5.97 Å². The normalized spacial score (nSPS) is 10.5. The zero-order chi connectivity index (χ0) is 20.1. The van der Waals surface area contributed by atoms with E-state index in [2.05, 4.69) is 4.90 Å². The van der Waals surface area contributed by atoms with E-state index in [0.29, 0.717) is 12.1 Å². The van der Waals surface area contributed by atoms with Gasteiger partial charge in [0.1, 0.15) is 6.54 Å². The third-order valence-corrected chi connectivity index (χ3v) is 5.18. The third-order valence-electron chi connectivity index (χ3n) is 4.23. The molecule has 3 aromatic rings. The molecule has 1 aromatic heterocycles. The Morgan fingerprint density at radius 3 is 2.36 bits per heavy atom. The molecule has 6 nitrogen and oxygen atoms in total. The van der Waals surface area contributed by atoms with E-state index in [1.807, 2.05) is 54.9 Å². The van der Waals surface area contributed by atoms with Crippen LogP contribution in [0.15, 0.2) is 60.0 Å². The smallest absolute Gasteiger partial charge is 0.323 e. The Hall–Kier alpha value is -3.19. The molecule has 0 aliphatic rings. The first-order valence-electron chi connectivity index (χ1n) is 8.72. The van der Waals surface area contributed by atoms with Gasteiger partial charge in [-0.05, 0) is 17.7 Å². The molecule has 1 heterocycles. The van der Waals surface area contributed by atoms with Gasteiger partial charge in [0.25, 0.3) is 5.91 Å². The molecule has 1 N–H and O–H groups in total. The lowest BCUT2D eigenvalue weighted by Gasteiger charge is -2.17. The molecule has 7 heteroatoms. The summed E-state index contributed by atoms with van der Waals surface area (Å²) in [6.45, 7) is 0.332. The molecule has 0 saturated heterocycles. The summed E-state index contributed by atoms with van der Waals surface area (Å²) >= 11 is 1.59. The van der Waals surface area contributed by atoms with E-state index in [1.165, 1.54) is 11.9 Å². The number of thiazole rings is 1. The van der Waals surface area contributed by atoms with Crippen molar-refractivity contribution in [1.29, 1.82) is 0 Å². The van der Waals surface area contributed by atoms with Crippen molar-refractivity contribution in [3.63, 3.8) is 0 Å². The number of likely N-dealkylation sites (N-methyl/N-ethyl adjacent to an activating group) is 1. The number of hydrogen-bond donors (Lipinski definition) is 1. The number of aliphatic carboxylic acids is 1. The fourth-order valence-electron chi connectivity index (χ4n) is 2.77. The van der Waals surface area contributed by atoms with Gasteiger partial charge in [-0.3, -0.25) is 9.59 Å². The number of rotatable bonds is 7. The molecule has 0 radical (unpaired) electrons. The molecule has 0 atom stereocenters. The van der Waals surface area contributed by atoms with Crippen molar-refractivity contribution in [3.05, 3.63) is 71.1 Å². The Morgan fingerprint density at radius 2 is 1.71 bits per heavy atom. The number of carboxylic acid groups (broad SMARTS) is 1. The molecule has 0 saturated carbocycles. The summed E-state index contributed by atoms with van der Waals surface area (Å²) in [5, 5.41) is 11.8. The lowest BCUT2D eigenvalue weighted by Crippen LogP contribution is -2.31. The van der Waals surface area contributed by atoms with Crippen molar-refractivity contribution >= 4 is 28.3 Å². The first-order valence-corrected chi connectivity index (χ1v) is 9.60. The summed E-state index contributed by atoms with van der Waals surface area (Å²) in [6.07, 6.45) is 0. The standard InChI is InChI=1S/C21H21N3O3S/c1-23(13-19(25)26)20(27)17-10-8-15(9-11-17)12-24(2)21-22-18(14-28-21)16-6-4-3-5-7-16/h3-11,14H,12-13H2,1-2H3,(H,25,26). The van der Waals surface area contributed by atoms with E-state index in [0.717, 1.165) is 22.0 Å². The number of amides is 1. The van der Waals surface area contributed by atoms with E-state index in [9.17, 15) is 9.59 Å². The topological polar surface area (TPSA) is 73.7 Å². The van der Waals surface area contributed by atoms with E-state index in [4.69, 9.17) is 10.1 Å². The molecule has 0 bridgehead atoms. The van der Waals surface area contributed by atoms with Crippen LogP contribution in [0.1, 0.15) is 15.9 Å². The van der Waals surface area contributed by atoms with Crippen LogP contribution in [-0.2, 0) is 11.3 Å². The van der Waals surface area contributed by atoms with E-state index >= 15 is 0 Å². The molecule has 0 unspecified atom stereocenters. The first kappa shape index (κ1) is 19.6. The summed E-state index contributed by atoms with van der Waals surface area (Å²) < 4.78 is 0. The fraction of sp³-hybridized carbons (Fsp3) is 0.190. The van der Waals surface area contributed by atoms with Gasteiger partial charge in [-0.15, -0.1) is 11.3 Å². The molecular weight excluding hydrogens is 374 g/mol. The molecule has 2 aromatic carbocycles. The second-order valence-corrected chi connectivity index (χ2v) is 7.33. The highest BCUT2D eigenvalue weighted by atomic mass is 32.1. The predicted molar refractivity (Wildman–Crippen MR) is 111 cm³/mol. The Bertz CT molecular complexity index is 955. The predicted octanol–water partition coefficient (Wildman–Crippen LogP) is 3.60. The fourth-order valence-corrected chi connectivity index (χ4v) is 3.57. The van der Waals surface area contributed by atoms with Gasteiger partial charge in [0.15, 0.2) is 5.13 Å². The van der Waals surface area contributed by atoms with Gasteiger partial charge < -0.3 is 14.9 Å². The molecule has 144 valence electrons.